The second kappa shape index (κ2) is 29.0. The molecule has 7 aliphatic rings. The number of pyridine rings is 1. The molecule has 4 aliphatic carbocycles. The van der Waals surface area contributed by atoms with Crippen LogP contribution in [0.2, 0.25) is 0 Å². The average Bonchev–Trinajstić information content (AvgIpc) is 1.24. The van der Waals surface area contributed by atoms with E-state index in [4.69, 9.17) is 19.6 Å². The number of alkyl carbamates (subject to hydrolysis) is 1. The average molecular weight is 1400 g/mol. The minimum absolute atomic E-state index is 0.00356. The minimum Gasteiger partial charge on any atom is -0.479 e. The molecule has 12 N–H and O–H groups in total. The van der Waals surface area contributed by atoms with Gasteiger partial charge in [0.05, 0.1) is 47.1 Å². The van der Waals surface area contributed by atoms with Crippen LogP contribution >= 0.6 is 11.3 Å². The van der Waals surface area contributed by atoms with Crippen LogP contribution in [0.1, 0.15) is 130 Å². The molecule has 7 amide bonds. The number of aryl methyl sites for hydroxylation is 1. The van der Waals surface area contributed by atoms with Crippen molar-refractivity contribution >= 4 is 103 Å². The molecule has 532 valence electrons. The van der Waals surface area contributed by atoms with E-state index < -0.39 is 114 Å². The second-order valence-corrected chi connectivity index (χ2v) is 29.3. The summed E-state index contributed by atoms with van der Waals surface area (Å²) in [6.45, 7) is 12.1. The largest absolute Gasteiger partial charge is 0.479 e. The summed E-state index contributed by atoms with van der Waals surface area (Å²) in [5.74, 6) is -6.88. The molecule has 0 radical (unpaired) electrons. The zero-order chi connectivity index (χ0) is 71.8. The van der Waals surface area contributed by atoms with Gasteiger partial charge in [0.25, 0.3) is 17.7 Å². The molecule has 5 aromatic rings. The van der Waals surface area contributed by atoms with Crippen LogP contribution in [-0.4, -0.2) is 191 Å². The third kappa shape index (κ3) is 15.6. The number of nitrogens with zero attached hydrogens (tertiary/aromatic N) is 6. The molecular formula is C69H83N13O17S. The monoisotopic (exact) mass is 1400 g/mol. The number of aliphatic carboxylic acids is 1. The zero-order valence-electron chi connectivity index (χ0n) is 56.2. The molecule has 4 bridgehead atoms. The van der Waals surface area contributed by atoms with Crippen LogP contribution in [0.15, 0.2) is 78.8 Å². The number of nitrogens with one attached hydrogen (secondary N) is 7. The van der Waals surface area contributed by atoms with E-state index >= 15 is 0 Å². The number of aromatic nitrogens is 4. The maximum atomic E-state index is 13.6. The van der Waals surface area contributed by atoms with E-state index in [0.717, 1.165) is 60.7 Å². The Bertz CT molecular complexity index is 4080. The number of hydrogen-bond donors (Lipinski definition) is 12. The summed E-state index contributed by atoms with van der Waals surface area (Å²) in [6, 6.07) is 13.3. The molecule has 6 heterocycles. The summed E-state index contributed by atoms with van der Waals surface area (Å²) >= 11 is 1.36. The molecular weight excluding hydrogens is 1310 g/mol. The number of carbonyl (C=O) groups is 9. The Labute approximate surface area is 578 Å². The van der Waals surface area contributed by atoms with Gasteiger partial charge in [-0.3, -0.25) is 39.0 Å². The number of allylic oxidation sites excluding steroid dienone is 2. The van der Waals surface area contributed by atoms with Crippen molar-refractivity contribution in [1.82, 2.24) is 45.7 Å². The van der Waals surface area contributed by atoms with E-state index in [-0.39, 0.29) is 78.0 Å². The number of ether oxygens (including phenoxy) is 3. The number of anilines is 3. The molecule has 2 aromatic carbocycles. The van der Waals surface area contributed by atoms with Crippen molar-refractivity contribution in [2.24, 2.45) is 22.2 Å². The van der Waals surface area contributed by atoms with Gasteiger partial charge >= 0.3 is 18.0 Å². The first-order valence-electron chi connectivity index (χ1n) is 33.1. The van der Waals surface area contributed by atoms with Crippen LogP contribution in [0.25, 0.3) is 15.8 Å². The standard InChI is InChI=1S/C69H83N13O17S/c1-36(2)52(78-49(83)26-82-50(84)17-18-51(82)85)60(90)74-38(4)59(89)75-41-13-11-40(39(23-41)12-15-46-55(86)56(87)57(88)58(99-46)63(94)95)27-97-65(96)71-19-22-98-69-31-66(5)28-67(6,32-69)30-68(29-66,33-69)34-72-37(3)43(24-70)42-14-16-48(77-53(42)62(92)93)80-20-21-81-35-73-54(45(81)25-80)61(91)79-64-76-44-9-7-8-10-47(44)100-64/h7-11,13-14,16-18,23-24,35-36,38,46,52,55-58,70,72,86-88H,12,15,19-22,25-34H2,1-6H3,(H,71,96)(H,74,90)(H,75,89)(H,78,83)(H,92,93)(H,94,95)(H,76,79,91)/b43-37+,70-24?/t38-,46-,52-,55-,56+,57-,58-,66?,67?,68?,69?/m0/s1. The number of carboxylic acid groups (broad SMARTS) is 2. The number of aromatic carboxylic acids is 1. The van der Waals surface area contributed by atoms with Crippen molar-refractivity contribution in [3.8, 4) is 0 Å². The van der Waals surface area contributed by atoms with Crippen LogP contribution in [0, 0.1) is 27.6 Å². The van der Waals surface area contributed by atoms with Crippen molar-refractivity contribution < 1.29 is 82.9 Å². The number of aliphatic hydroxyl groups is 3. The van der Waals surface area contributed by atoms with Crippen molar-refractivity contribution in [1.29, 1.82) is 5.41 Å². The van der Waals surface area contributed by atoms with E-state index in [1.807, 2.05) is 40.7 Å². The number of rotatable bonds is 27. The number of imidazole rings is 1. The van der Waals surface area contributed by atoms with Gasteiger partial charge < -0.3 is 81.2 Å². The maximum absolute atomic E-state index is 13.6. The number of hydrogen-bond acceptors (Lipinski definition) is 22. The molecule has 0 spiro atoms. The number of carbonyl (C=O) groups excluding carboxylic acids is 7. The Morgan fingerprint density at radius 1 is 0.820 bits per heavy atom. The van der Waals surface area contributed by atoms with Crippen molar-refractivity contribution in [2.75, 3.05) is 48.3 Å². The predicted molar refractivity (Wildman–Crippen MR) is 363 cm³/mol. The molecule has 12 rings (SSSR count). The Morgan fingerprint density at radius 2 is 1.55 bits per heavy atom. The highest BCUT2D eigenvalue weighted by Crippen LogP contribution is 2.71. The molecule has 100 heavy (non-hydrogen) atoms. The Morgan fingerprint density at radius 3 is 2.24 bits per heavy atom. The van der Waals surface area contributed by atoms with Crippen LogP contribution in [0.3, 0.4) is 0 Å². The molecule has 31 heteroatoms. The van der Waals surface area contributed by atoms with Gasteiger partial charge in [0.15, 0.2) is 22.6 Å². The fourth-order valence-corrected chi connectivity index (χ4v) is 17.0. The van der Waals surface area contributed by atoms with Crippen LogP contribution in [-0.2, 0) is 69.1 Å². The molecule has 2 unspecified atom stereocenters. The zero-order valence-corrected chi connectivity index (χ0v) is 57.0. The van der Waals surface area contributed by atoms with Gasteiger partial charge in [-0.15, -0.1) is 0 Å². The summed E-state index contributed by atoms with van der Waals surface area (Å²) in [6.07, 6.45) is 0.481. The van der Waals surface area contributed by atoms with Gasteiger partial charge in [-0.2, -0.15) is 0 Å². The van der Waals surface area contributed by atoms with Crippen molar-refractivity contribution in [3.05, 3.63) is 113 Å². The normalized spacial score (nSPS) is 26.0. The molecule has 3 aliphatic heterocycles. The first-order chi connectivity index (χ1) is 47.5. The van der Waals surface area contributed by atoms with E-state index in [9.17, 15) is 68.7 Å². The third-order valence-corrected chi connectivity index (χ3v) is 20.7. The Kier molecular flexibility index (Phi) is 20.8. The van der Waals surface area contributed by atoms with Gasteiger partial charge in [-0.05, 0) is 135 Å². The van der Waals surface area contributed by atoms with Gasteiger partial charge in [-0.1, -0.05) is 57.2 Å². The first kappa shape index (κ1) is 71.7. The van der Waals surface area contributed by atoms with Crippen molar-refractivity contribution in [2.45, 2.75) is 161 Å². The highest BCUT2D eigenvalue weighted by molar-refractivity contribution is 7.22. The molecule has 4 saturated carbocycles. The number of thiazole rings is 1. The Hall–Kier alpha value is -9.53. The number of benzene rings is 2. The smallest absolute Gasteiger partial charge is 0.407 e. The SMILES string of the molecule is C/C(NCC12CC3(C)CC(C)(C1)CC(OCCNC(=O)OCc1ccc(NC(=O)[C@H](C)NC(=O)[C@@H](NC(=O)CN4C(=O)C=CC4=O)C(C)C)cc1CC[C@@H]1O[C@H](C(=O)O)[C@@H](O)[C@H](O)[C@H]1O)(C3)C2)=C(/C=N)c1ccc(N2CCn3cnc(C(=O)Nc4nc5ccccc5s4)c3C2)nc1C(=O)O. The molecule has 9 atom stereocenters. The van der Waals surface area contributed by atoms with Crippen LogP contribution in [0.4, 0.5) is 21.4 Å². The van der Waals surface area contributed by atoms with E-state index in [1.165, 1.54) is 24.3 Å². The lowest BCUT2D eigenvalue weighted by atomic mass is 9.39. The summed E-state index contributed by atoms with van der Waals surface area (Å²) < 4.78 is 21.0. The number of fused-ring (bicyclic) bond motifs is 2. The highest BCUT2D eigenvalue weighted by Gasteiger charge is 2.66. The third-order valence-electron chi connectivity index (χ3n) is 19.7. The van der Waals surface area contributed by atoms with E-state index in [0.29, 0.717) is 70.0 Å². The summed E-state index contributed by atoms with van der Waals surface area (Å²) in [5, 5.41) is 78.3. The van der Waals surface area contributed by atoms with Gasteiger partial charge in [0, 0.05) is 67.1 Å². The molecule has 30 nitrogen and oxygen atoms in total. The fourth-order valence-electron chi connectivity index (χ4n) is 16.2. The second-order valence-electron chi connectivity index (χ2n) is 28.3. The lowest BCUT2D eigenvalue weighted by Crippen LogP contribution is -2.65. The number of aliphatic hydroxyl groups excluding tert-OH is 3. The fraction of sp³-hybridized carbons (Fsp3) is 0.493. The topological polar surface area (TPSA) is 429 Å². The molecule has 3 aromatic heterocycles. The lowest BCUT2D eigenvalue weighted by molar-refractivity contribution is -0.242. The maximum Gasteiger partial charge on any atom is 0.407 e. The van der Waals surface area contributed by atoms with E-state index in [1.54, 1.807) is 44.4 Å². The quantitative estimate of drug-likeness (QED) is 0.0198. The highest BCUT2D eigenvalue weighted by atomic mass is 32.1. The van der Waals surface area contributed by atoms with Crippen LogP contribution < -0.4 is 36.8 Å². The summed E-state index contributed by atoms with van der Waals surface area (Å²) in [7, 11) is 0. The number of amides is 7. The van der Waals surface area contributed by atoms with Crippen molar-refractivity contribution in [3.63, 3.8) is 0 Å². The minimum atomic E-state index is -1.92. The molecule has 1 saturated heterocycles. The lowest BCUT2D eigenvalue weighted by Gasteiger charge is -2.69. The summed E-state index contributed by atoms with van der Waals surface area (Å²) in [5.41, 5.74) is 2.79. The number of imide groups is 1. The van der Waals surface area contributed by atoms with Gasteiger partial charge in [0.2, 0.25) is 17.7 Å². The van der Waals surface area contributed by atoms with E-state index in [2.05, 4.69) is 60.7 Å². The predicted octanol–water partition coefficient (Wildman–Crippen LogP) is 4.27. The number of carboxylic acids is 2. The first-order valence-corrected chi connectivity index (χ1v) is 34.0. The molecule has 5 fully saturated rings. The summed E-state index contributed by atoms with van der Waals surface area (Å²) in [4.78, 5) is 132. The van der Waals surface area contributed by atoms with Gasteiger partial charge in [0.1, 0.15) is 49.4 Å². The van der Waals surface area contributed by atoms with Crippen LogP contribution in [0.5, 0.6) is 0 Å². The number of para-hydroxylation sites is 1. The Balaban J connectivity index is 0.707. The van der Waals surface area contributed by atoms with Gasteiger partial charge in [-0.25, -0.2) is 29.3 Å².